The first-order valence-electron chi connectivity index (χ1n) is 5.13. The minimum atomic E-state index is -3.13. The summed E-state index contributed by atoms with van der Waals surface area (Å²) in [7, 11) is -3.13. The van der Waals surface area contributed by atoms with Crippen molar-refractivity contribution in [2.75, 3.05) is 12.0 Å². The smallest absolute Gasteiger partial charge is 0.175 e. The van der Waals surface area contributed by atoms with Crippen LogP contribution in [-0.4, -0.2) is 14.7 Å². The molecule has 0 aliphatic rings. The van der Waals surface area contributed by atoms with Gasteiger partial charge < -0.3 is 5.73 Å². The van der Waals surface area contributed by atoms with Gasteiger partial charge in [0.05, 0.1) is 4.90 Å². The number of anilines is 1. The summed E-state index contributed by atoms with van der Waals surface area (Å²) in [6, 6.07) is 14.3. The molecule has 0 fully saturated rings. The summed E-state index contributed by atoms with van der Waals surface area (Å²) in [6.07, 6.45) is 1.20. The van der Waals surface area contributed by atoms with E-state index in [0.717, 1.165) is 11.1 Å². The largest absolute Gasteiger partial charge is 0.399 e. The molecule has 0 saturated heterocycles. The van der Waals surface area contributed by atoms with E-state index < -0.39 is 9.84 Å². The van der Waals surface area contributed by atoms with Crippen molar-refractivity contribution in [3.05, 3.63) is 48.5 Å². The number of benzene rings is 2. The molecule has 88 valence electrons. The van der Waals surface area contributed by atoms with E-state index in [1.807, 2.05) is 24.3 Å². The average Bonchev–Trinajstić information content (AvgIpc) is 2.28. The lowest BCUT2D eigenvalue weighted by atomic mass is 10.1. The van der Waals surface area contributed by atoms with Crippen molar-refractivity contribution in [1.29, 1.82) is 0 Å². The topological polar surface area (TPSA) is 60.2 Å². The normalized spacial score (nSPS) is 11.4. The van der Waals surface area contributed by atoms with Gasteiger partial charge >= 0.3 is 0 Å². The van der Waals surface area contributed by atoms with Gasteiger partial charge in [-0.2, -0.15) is 0 Å². The predicted molar refractivity (Wildman–Crippen MR) is 69.4 cm³/mol. The molecule has 3 nitrogen and oxygen atoms in total. The summed E-state index contributed by atoms with van der Waals surface area (Å²) in [5, 5.41) is 0. The number of sulfone groups is 1. The fraction of sp³-hybridized carbons (Fsp3) is 0.0769. The minimum absolute atomic E-state index is 0.324. The quantitative estimate of drug-likeness (QED) is 0.829. The number of hydrogen-bond donors (Lipinski definition) is 1. The fourth-order valence-electron chi connectivity index (χ4n) is 1.61. The van der Waals surface area contributed by atoms with E-state index in [4.69, 9.17) is 5.73 Å². The molecule has 0 aliphatic heterocycles. The molecule has 0 unspecified atom stereocenters. The van der Waals surface area contributed by atoms with E-state index in [0.29, 0.717) is 10.6 Å². The molecule has 2 aromatic rings. The maximum absolute atomic E-state index is 11.3. The Labute approximate surface area is 101 Å². The van der Waals surface area contributed by atoms with Crippen LogP contribution >= 0.6 is 0 Å². The Kier molecular flexibility index (Phi) is 2.90. The Bertz CT molecular complexity index is 631. The Hall–Kier alpha value is -1.81. The zero-order valence-corrected chi connectivity index (χ0v) is 10.2. The lowest BCUT2D eigenvalue weighted by Gasteiger charge is -2.04. The van der Waals surface area contributed by atoms with E-state index >= 15 is 0 Å². The summed E-state index contributed by atoms with van der Waals surface area (Å²) < 4.78 is 22.6. The van der Waals surface area contributed by atoms with Crippen molar-refractivity contribution in [2.45, 2.75) is 4.90 Å². The van der Waals surface area contributed by atoms with Gasteiger partial charge in [-0.3, -0.25) is 0 Å². The number of hydrogen-bond acceptors (Lipinski definition) is 3. The Morgan fingerprint density at radius 3 is 2.12 bits per heavy atom. The summed E-state index contributed by atoms with van der Waals surface area (Å²) in [4.78, 5) is 0.324. The maximum Gasteiger partial charge on any atom is 0.175 e. The molecule has 2 rings (SSSR count). The van der Waals surface area contributed by atoms with Crippen LogP contribution in [0.4, 0.5) is 5.69 Å². The molecule has 0 bridgehead atoms. The molecule has 0 radical (unpaired) electrons. The predicted octanol–water partition coefficient (Wildman–Crippen LogP) is 2.34. The second-order valence-electron chi connectivity index (χ2n) is 3.92. The van der Waals surface area contributed by atoms with Crippen molar-refractivity contribution in [3.8, 4) is 11.1 Å². The van der Waals surface area contributed by atoms with Crippen LogP contribution in [0, 0.1) is 0 Å². The van der Waals surface area contributed by atoms with Crippen molar-refractivity contribution in [1.82, 2.24) is 0 Å². The standard InChI is InChI=1S/C13H13NO2S/c1-17(15,16)13-7-5-10(6-8-13)11-3-2-4-12(14)9-11/h2-9H,14H2,1H3. The molecule has 0 saturated carbocycles. The molecule has 2 aromatic carbocycles. The van der Waals surface area contributed by atoms with E-state index in [9.17, 15) is 8.42 Å². The van der Waals surface area contributed by atoms with Gasteiger partial charge in [0.15, 0.2) is 9.84 Å². The van der Waals surface area contributed by atoms with E-state index in [2.05, 4.69) is 0 Å². The third-order valence-corrected chi connectivity index (χ3v) is 3.63. The van der Waals surface area contributed by atoms with Crippen LogP contribution in [0.2, 0.25) is 0 Å². The molecule has 17 heavy (non-hydrogen) atoms. The second-order valence-corrected chi connectivity index (χ2v) is 5.94. The highest BCUT2D eigenvalue weighted by atomic mass is 32.2. The first kappa shape index (κ1) is 11.7. The molecule has 0 spiro atoms. The van der Waals surface area contributed by atoms with E-state index in [1.165, 1.54) is 6.26 Å². The van der Waals surface area contributed by atoms with Crippen LogP contribution in [-0.2, 0) is 9.84 Å². The van der Waals surface area contributed by atoms with E-state index in [1.54, 1.807) is 24.3 Å². The molecule has 4 heteroatoms. The third kappa shape index (κ3) is 2.65. The number of nitrogen functional groups attached to an aromatic ring is 1. The van der Waals surface area contributed by atoms with Crippen LogP contribution in [0.25, 0.3) is 11.1 Å². The Morgan fingerprint density at radius 2 is 1.59 bits per heavy atom. The van der Waals surface area contributed by atoms with Crippen molar-refractivity contribution >= 4 is 15.5 Å². The molecule has 0 atom stereocenters. The van der Waals surface area contributed by atoms with Crippen LogP contribution in [0.15, 0.2) is 53.4 Å². The fourth-order valence-corrected chi connectivity index (χ4v) is 2.24. The average molecular weight is 247 g/mol. The highest BCUT2D eigenvalue weighted by Crippen LogP contribution is 2.22. The van der Waals surface area contributed by atoms with Crippen LogP contribution in [0.1, 0.15) is 0 Å². The molecule has 0 aromatic heterocycles. The monoisotopic (exact) mass is 247 g/mol. The van der Waals surface area contributed by atoms with Gasteiger partial charge in [-0.05, 0) is 35.4 Å². The van der Waals surface area contributed by atoms with Gasteiger partial charge in [0.2, 0.25) is 0 Å². The number of rotatable bonds is 2. The van der Waals surface area contributed by atoms with Gasteiger partial charge in [0, 0.05) is 11.9 Å². The Morgan fingerprint density at radius 1 is 0.941 bits per heavy atom. The lowest BCUT2D eigenvalue weighted by Crippen LogP contribution is -1.96. The molecule has 2 N–H and O–H groups in total. The molecule has 0 amide bonds. The van der Waals surface area contributed by atoms with Crippen LogP contribution in [0.3, 0.4) is 0 Å². The zero-order valence-electron chi connectivity index (χ0n) is 9.42. The van der Waals surface area contributed by atoms with Gasteiger partial charge in [-0.25, -0.2) is 8.42 Å². The van der Waals surface area contributed by atoms with Gasteiger partial charge in [-0.1, -0.05) is 24.3 Å². The molecule has 0 aliphatic carbocycles. The van der Waals surface area contributed by atoms with Crippen LogP contribution in [0.5, 0.6) is 0 Å². The zero-order chi connectivity index (χ0) is 12.5. The SMILES string of the molecule is CS(=O)(=O)c1ccc(-c2cccc(N)c2)cc1. The molecule has 0 heterocycles. The van der Waals surface area contributed by atoms with Gasteiger partial charge in [0.25, 0.3) is 0 Å². The van der Waals surface area contributed by atoms with Crippen molar-refractivity contribution < 1.29 is 8.42 Å². The second kappa shape index (κ2) is 4.22. The molecular formula is C13H13NO2S. The van der Waals surface area contributed by atoms with Crippen molar-refractivity contribution in [2.24, 2.45) is 0 Å². The summed E-state index contributed by atoms with van der Waals surface area (Å²) >= 11 is 0. The van der Waals surface area contributed by atoms with Crippen LogP contribution < -0.4 is 5.73 Å². The lowest BCUT2D eigenvalue weighted by molar-refractivity contribution is 0.602. The number of nitrogens with two attached hydrogens (primary N) is 1. The maximum atomic E-state index is 11.3. The summed E-state index contributed by atoms with van der Waals surface area (Å²) in [5.74, 6) is 0. The first-order valence-corrected chi connectivity index (χ1v) is 7.02. The van der Waals surface area contributed by atoms with Crippen molar-refractivity contribution in [3.63, 3.8) is 0 Å². The highest BCUT2D eigenvalue weighted by Gasteiger charge is 2.06. The highest BCUT2D eigenvalue weighted by molar-refractivity contribution is 7.90. The van der Waals surface area contributed by atoms with E-state index in [-0.39, 0.29) is 0 Å². The molecular weight excluding hydrogens is 234 g/mol. The Balaban J connectivity index is 2.43. The van der Waals surface area contributed by atoms with Gasteiger partial charge in [0.1, 0.15) is 0 Å². The third-order valence-electron chi connectivity index (χ3n) is 2.50. The summed E-state index contributed by atoms with van der Waals surface area (Å²) in [5.41, 5.74) is 8.31. The summed E-state index contributed by atoms with van der Waals surface area (Å²) in [6.45, 7) is 0. The minimum Gasteiger partial charge on any atom is -0.399 e. The van der Waals surface area contributed by atoms with Gasteiger partial charge in [-0.15, -0.1) is 0 Å². The first-order chi connectivity index (χ1) is 7.97.